The Kier molecular flexibility index (Phi) is 3.76. The molecule has 1 rings (SSSR count). The highest BCUT2D eigenvalue weighted by Gasteiger charge is 2.07. The Labute approximate surface area is 95.4 Å². The topological polar surface area (TPSA) is 27.0 Å². The molecule has 0 bridgehead atoms. The third-order valence-corrected chi connectivity index (χ3v) is 2.23. The van der Waals surface area contributed by atoms with E-state index in [-0.39, 0.29) is 0 Å². The molecule has 2 nitrogen and oxygen atoms in total. The summed E-state index contributed by atoms with van der Waals surface area (Å²) in [6, 6.07) is 7.44. The molecule has 0 unspecified atom stereocenters. The van der Waals surface area contributed by atoms with Crippen LogP contribution in [-0.4, -0.2) is 13.6 Å². The summed E-state index contributed by atoms with van der Waals surface area (Å²) in [5.74, 6) is 0. The molecule has 0 saturated heterocycles. The predicted molar refractivity (Wildman–Crippen MR) is 64.3 cm³/mol. The van der Waals surface area contributed by atoms with E-state index in [0.29, 0.717) is 10.6 Å². The van der Waals surface area contributed by atoms with Gasteiger partial charge in [-0.2, -0.15) is 5.26 Å². The fraction of sp³-hybridized carbons (Fsp3) is 0.250. The third-order valence-electron chi connectivity index (χ3n) is 2.00. The number of anilines is 1. The second-order valence-electron chi connectivity index (χ2n) is 3.59. The molecule has 0 aromatic heterocycles. The van der Waals surface area contributed by atoms with Crippen LogP contribution < -0.4 is 4.90 Å². The molecule has 0 aliphatic rings. The van der Waals surface area contributed by atoms with Gasteiger partial charge in [0.1, 0.15) is 6.07 Å². The second kappa shape index (κ2) is 4.86. The van der Waals surface area contributed by atoms with Gasteiger partial charge in [0.05, 0.1) is 11.3 Å². The molecule has 0 atom stereocenters. The first-order chi connectivity index (χ1) is 7.04. The van der Waals surface area contributed by atoms with E-state index < -0.39 is 0 Å². The fourth-order valence-corrected chi connectivity index (χ4v) is 1.59. The molecule has 0 saturated carbocycles. The van der Waals surface area contributed by atoms with E-state index in [1.54, 1.807) is 12.1 Å². The van der Waals surface area contributed by atoms with E-state index in [0.717, 1.165) is 17.8 Å². The summed E-state index contributed by atoms with van der Waals surface area (Å²) >= 11 is 5.82. The molecule has 0 aliphatic carbocycles. The Morgan fingerprint density at radius 2 is 2.27 bits per heavy atom. The maximum absolute atomic E-state index is 8.97. The predicted octanol–water partition coefficient (Wildman–Crippen LogP) is 3.22. The van der Waals surface area contributed by atoms with Crippen LogP contribution in [0.15, 0.2) is 30.4 Å². The molecule has 3 heteroatoms. The van der Waals surface area contributed by atoms with Crippen LogP contribution in [0.5, 0.6) is 0 Å². The summed E-state index contributed by atoms with van der Waals surface area (Å²) in [6.07, 6.45) is 0. The number of halogens is 1. The van der Waals surface area contributed by atoms with Gasteiger partial charge in [-0.25, -0.2) is 0 Å². The van der Waals surface area contributed by atoms with Crippen molar-refractivity contribution in [1.29, 1.82) is 5.26 Å². The van der Waals surface area contributed by atoms with Crippen molar-refractivity contribution < 1.29 is 0 Å². The minimum Gasteiger partial charge on any atom is -0.370 e. The van der Waals surface area contributed by atoms with Crippen molar-refractivity contribution in [1.82, 2.24) is 0 Å². The molecule has 0 N–H and O–H groups in total. The van der Waals surface area contributed by atoms with Gasteiger partial charge in [-0.05, 0) is 25.1 Å². The highest BCUT2D eigenvalue weighted by atomic mass is 35.5. The van der Waals surface area contributed by atoms with Gasteiger partial charge in [-0.3, -0.25) is 0 Å². The van der Waals surface area contributed by atoms with Gasteiger partial charge < -0.3 is 4.90 Å². The van der Waals surface area contributed by atoms with Crippen molar-refractivity contribution in [2.45, 2.75) is 6.92 Å². The smallest absolute Gasteiger partial charge is 0.101 e. The average molecular weight is 221 g/mol. The third kappa shape index (κ3) is 3.00. The number of likely N-dealkylation sites (N-methyl/N-ethyl adjacent to an activating group) is 1. The Hall–Kier alpha value is -1.46. The first kappa shape index (κ1) is 11.6. The summed E-state index contributed by atoms with van der Waals surface area (Å²) in [7, 11) is 1.93. The molecule has 78 valence electrons. The molecule has 1 aromatic rings. The number of rotatable bonds is 3. The normalized spacial score (nSPS) is 9.47. The van der Waals surface area contributed by atoms with E-state index in [1.165, 1.54) is 0 Å². The zero-order valence-electron chi connectivity index (χ0n) is 8.92. The summed E-state index contributed by atoms with van der Waals surface area (Å²) < 4.78 is 0. The molecule has 0 spiro atoms. The van der Waals surface area contributed by atoms with Crippen LogP contribution in [0.1, 0.15) is 12.5 Å². The van der Waals surface area contributed by atoms with Crippen molar-refractivity contribution in [3.8, 4) is 6.07 Å². The van der Waals surface area contributed by atoms with Crippen LogP contribution in [0.25, 0.3) is 0 Å². The van der Waals surface area contributed by atoms with Crippen LogP contribution in [-0.2, 0) is 0 Å². The molecule has 0 amide bonds. The lowest BCUT2D eigenvalue weighted by atomic mass is 10.1. The minimum atomic E-state index is 0.582. The van der Waals surface area contributed by atoms with Gasteiger partial charge >= 0.3 is 0 Å². The first-order valence-electron chi connectivity index (χ1n) is 4.59. The number of benzene rings is 1. The summed E-state index contributed by atoms with van der Waals surface area (Å²) in [4.78, 5) is 1.98. The number of hydrogen-bond donors (Lipinski definition) is 0. The lowest BCUT2D eigenvalue weighted by Crippen LogP contribution is -2.19. The SMILES string of the molecule is C=C(C)CN(C)c1ccc(Cl)cc1C#N. The molecule has 0 fully saturated rings. The highest BCUT2D eigenvalue weighted by molar-refractivity contribution is 6.30. The zero-order chi connectivity index (χ0) is 11.4. The lowest BCUT2D eigenvalue weighted by molar-refractivity contribution is 0.983. The maximum atomic E-state index is 8.97. The minimum absolute atomic E-state index is 0.582. The van der Waals surface area contributed by atoms with Gasteiger partial charge in [-0.15, -0.1) is 0 Å². The molecular formula is C12H13ClN2. The van der Waals surface area contributed by atoms with Crippen LogP contribution >= 0.6 is 11.6 Å². The quantitative estimate of drug-likeness (QED) is 0.732. The highest BCUT2D eigenvalue weighted by Crippen LogP contribution is 2.23. The number of nitrogens with zero attached hydrogens (tertiary/aromatic N) is 2. The molecule has 15 heavy (non-hydrogen) atoms. The summed E-state index contributed by atoms with van der Waals surface area (Å²) in [5, 5.41) is 9.55. The monoisotopic (exact) mass is 220 g/mol. The number of nitriles is 1. The number of hydrogen-bond acceptors (Lipinski definition) is 2. The molecular weight excluding hydrogens is 208 g/mol. The standard InChI is InChI=1S/C12H13ClN2/c1-9(2)8-15(3)12-5-4-11(13)6-10(12)7-14/h4-6H,1,8H2,2-3H3. The van der Waals surface area contributed by atoms with Gasteiger partial charge in [-0.1, -0.05) is 23.8 Å². The van der Waals surface area contributed by atoms with Gasteiger partial charge in [0.25, 0.3) is 0 Å². The van der Waals surface area contributed by atoms with Crippen LogP contribution in [0.3, 0.4) is 0 Å². The van der Waals surface area contributed by atoms with Crippen LogP contribution in [0.4, 0.5) is 5.69 Å². The fourth-order valence-electron chi connectivity index (χ4n) is 1.42. The van der Waals surface area contributed by atoms with Crippen molar-refractivity contribution >= 4 is 17.3 Å². The Bertz CT molecular complexity index is 418. The van der Waals surface area contributed by atoms with E-state index in [4.69, 9.17) is 16.9 Å². The average Bonchev–Trinajstić information content (AvgIpc) is 2.16. The van der Waals surface area contributed by atoms with Gasteiger partial charge in [0, 0.05) is 18.6 Å². The second-order valence-corrected chi connectivity index (χ2v) is 4.02. The van der Waals surface area contributed by atoms with E-state index in [2.05, 4.69) is 12.6 Å². The van der Waals surface area contributed by atoms with Crippen molar-refractivity contribution in [2.75, 3.05) is 18.5 Å². The molecule has 0 heterocycles. The maximum Gasteiger partial charge on any atom is 0.101 e. The molecule has 0 aliphatic heterocycles. The van der Waals surface area contributed by atoms with E-state index in [1.807, 2.05) is 24.9 Å². The summed E-state index contributed by atoms with van der Waals surface area (Å²) in [6.45, 7) is 6.53. The van der Waals surface area contributed by atoms with E-state index in [9.17, 15) is 0 Å². The Balaban J connectivity index is 3.04. The van der Waals surface area contributed by atoms with Gasteiger partial charge in [0.15, 0.2) is 0 Å². The molecule has 1 aromatic carbocycles. The summed E-state index contributed by atoms with van der Waals surface area (Å²) in [5.41, 5.74) is 2.52. The van der Waals surface area contributed by atoms with Gasteiger partial charge in [0.2, 0.25) is 0 Å². The van der Waals surface area contributed by atoms with Crippen LogP contribution in [0, 0.1) is 11.3 Å². The van der Waals surface area contributed by atoms with Crippen molar-refractivity contribution in [3.05, 3.63) is 40.9 Å². The zero-order valence-corrected chi connectivity index (χ0v) is 9.67. The Morgan fingerprint density at radius 1 is 1.60 bits per heavy atom. The largest absolute Gasteiger partial charge is 0.370 e. The lowest BCUT2D eigenvalue weighted by Gasteiger charge is -2.20. The van der Waals surface area contributed by atoms with Crippen molar-refractivity contribution in [2.24, 2.45) is 0 Å². The Morgan fingerprint density at radius 3 is 2.80 bits per heavy atom. The molecule has 0 radical (unpaired) electrons. The van der Waals surface area contributed by atoms with E-state index >= 15 is 0 Å². The first-order valence-corrected chi connectivity index (χ1v) is 4.97. The van der Waals surface area contributed by atoms with Crippen LogP contribution in [0.2, 0.25) is 5.02 Å². The van der Waals surface area contributed by atoms with Crippen molar-refractivity contribution in [3.63, 3.8) is 0 Å².